The van der Waals surface area contributed by atoms with Crippen LogP contribution in [0.2, 0.25) is 0 Å². The molecule has 0 spiro atoms. The second-order valence-electron chi connectivity index (χ2n) is 4.61. The lowest BCUT2D eigenvalue weighted by Crippen LogP contribution is -2.54. The number of carbonyl (C=O) groups excluding carboxylic acids is 1. The van der Waals surface area contributed by atoms with Crippen LogP contribution in [0.1, 0.15) is 12.5 Å². The highest BCUT2D eigenvalue weighted by Gasteiger charge is 2.29. The number of phenols is 1. The highest BCUT2D eigenvalue weighted by Crippen LogP contribution is 2.15. The third-order valence-electron chi connectivity index (χ3n) is 3.21. The van der Waals surface area contributed by atoms with Gasteiger partial charge in [-0.05, 0) is 24.6 Å². The number of hydrogen-bond acceptors (Lipinski definition) is 5. The molecule has 5 nitrogen and oxygen atoms in total. The van der Waals surface area contributed by atoms with Crippen molar-refractivity contribution in [3.8, 4) is 5.75 Å². The van der Waals surface area contributed by atoms with E-state index in [1.54, 1.807) is 12.1 Å². The third kappa shape index (κ3) is 3.68. The zero-order valence-electron chi connectivity index (χ0n) is 11.1. The van der Waals surface area contributed by atoms with E-state index in [0.29, 0.717) is 19.7 Å². The zero-order chi connectivity index (χ0) is 13.7. The summed E-state index contributed by atoms with van der Waals surface area (Å²) < 4.78 is 5.10. The van der Waals surface area contributed by atoms with E-state index in [2.05, 4.69) is 10.2 Å². The molecule has 1 aliphatic rings. The van der Waals surface area contributed by atoms with Crippen molar-refractivity contribution in [1.82, 2.24) is 10.2 Å². The van der Waals surface area contributed by atoms with Gasteiger partial charge in [0.25, 0.3) is 0 Å². The summed E-state index contributed by atoms with van der Waals surface area (Å²) in [7, 11) is 0. The van der Waals surface area contributed by atoms with Crippen molar-refractivity contribution in [2.24, 2.45) is 0 Å². The second-order valence-corrected chi connectivity index (χ2v) is 4.61. The fourth-order valence-electron chi connectivity index (χ4n) is 2.30. The molecule has 0 aliphatic carbocycles. The maximum absolute atomic E-state index is 11.9. The number of phenolic OH excluding ortho intramolecular Hbond substituents is 1. The molecule has 0 amide bonds. The molecule has 1 atom stereocenters. The number of benzene rings is 1. The number of piperazine rings is 1. The van der Waals surface area contributed by atoms with Crippen LogP contribution in [-0.4, -0.2) is 48.3 Å². The summed E-state index contributed by atoms with van der Waals surface area (Å²) in [5.74, 6) is 0.0650. The summed E-state index contributed by atoms with van der Waals surface area (Å²) in [4.78, 5) is 14.0. The molecule has 104 valence electrons. The van der Waals surface area contributed by atoms with Gasteiger partial charge in [0, 0.05) is 26.2 Å². The fourth-order valence-corrected chi connectivity index (χ4v) is 2.30. The maximum Gasteiger partial charge on any atom is 0.324 e. The molecule has 0 bridgehead atoms. The van der Waals surface area contributed by atoms with Crippen molar-refractivity contribution in [2.75, 3.05) is 26.2 Å². The molecule has 1 heterocycles. The highest BCUT2D eigenvalue weighted by molar-refractivity contribution is 5.76. The summed E-state index contributed by atoms with van der Waals surface area (Å²) in [6.45, 7) is 5.11. The minimum absolute atomic E-state index is 0.185. The molecular weight excluding hydrogens is 244 g/mol. The normalized spacial score (nSPS) is 20.2. The van der Waals surface area contributed by atoms with Crippen molar-refractivity contribution >= 4 is 5.97 Å². The Morgan fingerprint density at radius 2 is 2.42 bits per heavy atom. The van der Waals surface area contributed by atoms with Crippen LogP contribution in [0.25, 0.3) is 0 Å². The Morgan fingerprint density at radius 1 is 1.58 bits per heavy atom. The van der Waals surface area contributed by atoms with E-state index in [-0.39, 0.29) is 17.8 Å². The first-order valence-corrected chi connectivity index (χ1v) is 6.60. The summed E-state index contributed by atoms with van der Waals surface area (Å²) in [5, 5.41) is 12.7. The fraction of sp³-hybridized carbons (Fsp3) is 0.500. The molecule has 0 radical (unpaired) electrons. The van der Waals surface area contributed by atoms with Gasteiger partial charge in [-0.25, -0.2) is 0 Å². The summed E-state index contributed by atoms with van der Waals surface area (Å²) in [6, 6.07) is 6.88. The number of aromatic hydroxyl groups is 1. The molecule has 19 heavy (non-hydrogen) atoms. The second kappa shape index (κ2) is 6.54. The molecule has 0 aromatic heterocycles. The number of nitrogens with zero attached hydrogens (tertiary/aromatic N) is 1. The minimum atomic E-state index is -0.254. The lowest BCUT2D eigenvalue weighted by molar-refractivity contribution is -0.150. The van der Waals surface area contributed by atoms with Crippen molar-refractivity contribution in [2.45, 2.75) is 19.5 Å². The van der Waals surface area contributed by atoms with Gasteiger partial charge in [-0.15, -0.1) is 0 Å². The van der Waals surface area contributed by atoms with E-state index in [9.17, 15) is 9.90 Å². The van der Waals surface area contributed by atoms with Gasteiger partial charge in [0.2, 0.25) is 0 Å². The molecule has 1 aliphatic heterocycles. The third-order valence-corrected chi connectivity index (χ3v) is 3.21. The molecule has 1 saturated heterocycles. The average molecular weight is 264 g/mol. The van der Waals surface area contributed by atoms with Crippen LogP contribution in [0.3, 0.4) is 0 Å². The Bertz CT molecular complexity index is 436. The Morgan fingerprint density at radius 3 is 3.16 bits per heavy atom. The molecular formula is C14H20N2O3. The molecule has 2 rings (SSSR count). The van der Waals surface area contributed by atoms with E-state index in [0.717, 1.165) is 18.7 Å². The topological polar surface area (TPSA) is 61.8 Å². The summed E-state index contributed by atoms with van der Waals surface area (Å²) >= 11 is 0. The minimum Gasteiger partial charge on any atom is -0.508 e. The number of hydrogen-bond donors (Lipinski definition) is 2. The van der Waals surface area contributed by atoms with Gasteiger partial charge in [-0.3, -0.25) is 9.69 Å². The monoisotopic (exact) mass is 264 g/mol. The lowest BCUT2D eigenvalue weighted by Gasteiger charge is -2.34. The van der Waals surface area contributed by atoms with E-state index in [4.69, 9.17) is 4.74 Å². The Hall–Kier alpha value is -1.59. The zero-order valence-corrected chi connectivity index (χ0v) is 11.1. The van der Waals surface area contributed by atoms with Gasteiger partial charge < -0.3 is 15.2 Å². The molecule has 1 unspecified atom stereocenters. The molecule has 1 fully saturated rings. The summed E-state index contributed by atoms with van der Waals surface area (Å²) in [5.41, 5.74) is 0.996. The maximum atomic E-state index is 11.9. The predicted octanol–water partition coefficient (Wildman–Crippen LogP) is 0.729. The first kappa shape index (κ1) is 13.8. The number of carbonyl (C=O) groups is 1. The standard InChI is InChI=1S/C14H20N2O3/c1-2-19-14(18)13-9-15-6-7-16(13)10-11-4-3-5-12(17)8-11/h3-5,8,13,15,17H,2,6-7,9-10H2,1H3. The van der Waals surface area contributed by atoms with Gasteiger partial charge >= 0.3 is 5.97 Å². The molecule has 2 N–H and O–H groups in total. The van der Waals surface area contributed by atoms with E-state index in [1.165, 1.54) is 0 Å². The lowest BCUT2D eigenvalue weighted by atomic mass is 10.1. The van der Waals surface area contributed by atoms with E-state index < -0.39 is 0 Å². The van der Waals surface area contributed by atoms with Crippen LogP contribution < -0.4 is 5.32 Å². The average Bonchev–Trinajstić information content (AvgIpc) is 2.39. The molecule has 1 aromatic rings. The van der Waals surface area contributed by atoms with Gasteiger partial charge in [0.15, 0.2) is 0 Å². The van der Waals surface area contributed by atoms with Gasteiger partial charge in [-0.2, -0.15) is 0 Å². The van der Waals surface area contributed by atoms with Crippen molar-refractivity contribution < 1.29 is 14.6 Å². The largest absolute Gasteiger partial charge is 0.508 e. The van der Waals surface area contributed by atoms with Crippen molar-refractivity contribution in [3.05, 3.63) is 29.8 Å². The Balaban J connectivity index is 2.05. The predicted molar refractivity (Wildman–Crippen MR) is 71.8 cm³/mol. The van der Waals surface area contributed by atoms with Crippen LogP contribution in [0.4, 0.5) is 0 Å². The van der Waals surface area contributed by atoms with E-state index in [1.807, 2.05) is 19.1 Å². The molecule has 1 aromatic carbocycles. The van der Waals surface area contributed by atoms with Crippen LogP contribution in [0.15, 0.2) is 24.3 Å². The first-order valence-electron chi connectivity index (χ1n) is 6.60. The van der Waals surface area contributed by atoms with Crippen molar-refractivity contribution in [3.63, 3.8) is 0 Å². The van der Waals surface area contributed by atoms with Crippen LogP contribution >= 0.6 is 0 Å². The number of nitrogens with one attached hydrogen (secondary N) is 1. The number of ether oxygens (including phenoxy) is 1. The quantitative estimate of drug-likeness (QED) is 0.785. The number of esters is 1. The van der Waals surface area contributed by atoms with Crippen LogP contribution in [-0.2, 0) is 16.1 Å². The van der Waals surface area contributed by atoms with Gasteiger partial charge in [0.1, 0.15) is 11.8 Å². The van der Waals surface area contributed by atoms with Crippen molar-refractivity contribution in [1.29, 1.82) is 0 Å². The Labute approximate surface area is 113 Å². The summed E-state index contributed by atoms with van der Waals surface area (Å²) in [6.07, 6.45) is 0. The first-order chi connectivity index (χ1) is 9.20. The number of rotatable bonds is 4. The van der Waals surface area contributed by atoms with Crippen LogP contribution in [0, 0.1) is 0 Å². The SMILES string of the molecule is CCOC(=O)C1CNCCN1Cc1cccc(O)c1. The molecule has 0 saturated carbocycles. The molecule has 5 heteroatoms. The van der Waals surface area contributed by atoms with Gasteiger partial charge in [0.05, 0.1) is 6.61 Å². The highest BCUT2D eigenvalue weighted by atomic mass is 16.5. The van der Waals surface area contributed by atoms with Gasteiger partial charge in [-0.1, -0.05) is 12.1 Å². The smallest absolute Gasteiger partial charge is 0.324 e. The van der Waals surface area contributed by atoms with E-state index >= 15 is 0 Å². The Kier molecular flexibility index (Phi) is 4.76. The van der Waals surface area contributed by atoms with Crippen LogP contribution in [0.5, 0.6) is 5.75 Å².